The fourth-order valence-electron chi connectivity index (χ4n) is 3.06. The third kappa shape index (κ3) is 3.44. The van der Waals surface area contributed by atoms with Crippen LogP contribution in [0.1, 0.15) is 74.4 Å². The van der Waals surface area contributed by atoms with Crippen LogP contribution in [-0.4, -0.2) is 54.2 Å². The van der Waals surface area contributed by atoms with E-state index in [1.165, 1.54) is 0 Å². The molecular formula is C17H26N6O2. The summed E-state index contributed by atoms with van der Waals surface area (Å²) in [5, 5.41) is 26.3. The van der Waals surface area contributed by atoms with Gasteiger partial charge >= 0.3 is 0 Å². The molecule has 1 fully saturated rings. The highest BCUT2D eigenvalue weighted by Gasteiger charge is 2.39. The zero-order chi connectivity index (χ0) is 18.2. The minimum Gasteiger partial charge on any atom is -0.382 e. The van der Waals surface area contributed by atoms with E-state index in [0.717, 1.165) is 5.69 Å². The molecule has 1 aliphatic rings. The van der Waals surface area contributed by atoms with E-state index >= 15 is 0 Å². The van der Waals surface area contributed by atoms with Gasteiger partial charge in [-0.05, 0) is 38.7 Å². The second-order valence-corrected chi connectivity index (χ2v) is 7.40. The van der Waals surface area contributed by atoms with Crippen molar-refractivity contribution in [3.8, 4) is 0 Å². The highest BCUT2D eigenvalue weighted by atomic mass is 16.3. The van der Waals surface area contributed by atoms with E-state index in [4.69, 9.17) is 0 Å². The number of nitrogens with zero attached hydrogens (tertiary/aromatic N) is 5. The van der Waals surface area contributed by atoms with Gasteiger partial charge in [0, 0.05) is 18.3 Å². The molecule has 2 N–H and O–H groups in total. The molecule has 25 heavy (non-hydrogen) atoms. The molecule has 2 aromatic rings. The number of aromatic amines is 1. The second kappa shape index (κ2) is 6.59. The number of carbonyl (C=O) groups is 1. The first-order chi connectivity index (χ1) is 11.8. The van der Waals surface area contributed by atoms with Crippen LogP contribution >= 0.6 is 0 Å². The molecule has 3 heterocycles. The first kappa shape index (κ1) is 17.6. The number of H-pyrrole nitrogens is 1. The predicted octanol–water partition coefficient (Wildman–Crippen LogP) is 1.83. The van der Waals surface area contributed by atoms with Crippen molar-refractivity contribution in [2.24, 2.45) is 0 Å². The Morgan fingerprint density at radius 1 is 1.36 bits per heavy atom. The van der Waals surface area contributed by atoms with E-state index in [0.29, 0.717) is 30.8 Å². The molecule has 2 aromatic heterocycles. The molecule has 8 nitrogen and oxygen atoms in total. The van der Waals surface area contributed by atoms with Crippen molar-refractivity contribution in [2.45, 2.75) is 58.1 Å². The molecule has 0 spiro atoms. The van der Waals surface area contributed by atoms with Crippen molar-refractivity contribution in [1.82, 2.24) is 30.1 Å². The Morgan fingerprint density at radius 3 is 2.72 bits per heavy atom. The van der Waals surface area contributed by atoms with Gasteiger partial charge in [-0.2, -0.15) is 5.10 Å². The van der Waals surface area contributed by atoms with Gasteiger partial charge in [-0.1, -0.05) is 19.1 Å². The summed E-state index contributed by atoms with van der Waals surface area (Å²) in [6.07, 6.45) is 3.04. The van der Waals surface area contributed by atoms with Gasteiger partial charge in [-0.3, -0.25) is 9.89 Å². The zero-order valence-electron chi connectivity index (χ0n) is 15.2. The highest BCUT2D eigenvalue weighted by Crippen LogP contribution is 2.31. The lowest BCUT2D eigenvalue weighted by atomic mass is 9.90. The third-order valence-corrected chi connectivity index (χ3v) is 4.71. The van der Waals surface area contributed by atoms with E-state index in [9.17, 15) is 9.90 Å². The Bertz CT molecular complexity index is 750. The lowest BCUT2D eigenvalue weighted by molar-refractivity contribution is -0.0322. The van der Waals surface area contributed by atoms with Crippen molar-refractivity contribution in [2.75, 3.05) is 13.1 Å². The number of amides is 1. The van der Waals surface area contributed by atoms with Crippen LogP contribution in [0.2, 0.25) is 0 Å². The number of nitrogens with one attached hydrogen (secondary N) is 1. The van der Waals surface area contributed by atoms with E-state index in [1.807, 2.05) is 27.7 Å². The van der Waals surface area contributed by atoms with Gasteiger partial charge in [0.1, 0.15) is 17.0 Å². The molecule has 1 atom stereocenters. The molecule has 0 radical (unpaired) electrons. The minimum absolute atomic E-state index is 0.169. The van der Waals surface area contributed by atoms with Gasteiger partial charge in [0.2, 0.25) is 0 Å². The average molecular weight is 346 g/mol. The lowest BCUT2D eigenvalue weighted by Gasteiger charge is -2.37. The van der Waals surface area contributed by atoms with Crippen molar-refractivity contribution in [3.63, 3.8) is 0 Å². The number of aromatic nitrogens is 5. The first-order valence-electron chi connectivity index (χ1n) is 8.79. The van der Waals surface area contributed by atoms with Crippen molar-refractivity contribution < 1.29 is 9.90 Å². The Hall–Kier alpha value is -2.22. The molecule has 0 saturated carbocycles. The van der Waals surface area contributed by atoms with E-state index in [-0.39, 0.29) is 24.4 Å². The van der Waals surface area contributed by atoms with Crippen LogP contribution in [0.25, 0.3) is 0 Å². The van der Waals surface area contributed by atoms with E-state index in [2.05, 4.69) is 20.5 Å². The summed E-state index contributed by atoms with van der Waals surface area (Å²) >= 11 is 0. The number of likely N-dealkylation sites (tertiary alicyclic amines) is 1. The van der Waals surface area contributed by atoms with E-state index in [1.54, 1.807) is 21.8 Å². The van der Waals surface area contributed by atoms with Crippen molar-refractivity contribution >= 4 is 5.91 Å². The average Bonchev–Trinajstić information content (AvgIpc) is 3.24. The monoisotopic (exact) mass is 346 g/mol. The molecule has 0 aliphatic carbocycles. The standard InChI is InChI=1S/C17H26N6O2/c1-11(2)13-8-14(19-18-13)16(24)22-7-5-6-17(25,10-22)15-9-23(12(3)4)21-20-15/h8-9,11-12,25H,5-7,10H2,1-4H3,(H,18,19)/t17-/m1/s1. The van der Waals surface area contributed by atoms with Crippen LogP contribution in [-0.2, 0) is 5.60 Å². The number of piperidine rings is 1. The molecule has 3 rings (SSSR count). The fraction of sp³-hybridized carbons (Fsp3) is 0.647. The summed E-state index contributed by atoms with van der Waals surface area (Å²) in [7, 11) is 0. The number of β-amino-alcohol motifs (C(OH)–C–C–N with tert-alkyl or cyclic N) is 1. The molecule has 136 valence electrons. The van der Waals surface area contributed by atoms with Crippen LogP contribution < -0.4 is 0 Å². The van der Waals surface area contributed by atoms with Gasteiger partial charge in [0.15, 0.2) is 0 Å². The van der Waals surface area contributed by atoms with E-state index < -0.39 is 5.60 Å². The SMILES string of the molecule is CC(C)c1cc(C(=O)N2CCC[C@](O)(c3cn(C(C)C)nn3)C2)n[nH]1. The van der Waals surface area contributed by atoms with Gasteiger partial charge in [0.05, 0.1) is 12.7 Å². The third-order valence-electron chi connectivity index (χ3n) is 4.71. The fourth-order valence-corrected chi connectivity index (χ4v) is 3.06. The Labute approximate surface area is 147 Å². The topological polar surface area (TPSA) is 99.9 Å². The molecule has 0 unspecified atom stereocenters. The number of carbonyl (C=O) groups excluding carboxylic acids is 1. The maximum absolute atomic E-state index is 12.8. The molecular weight excluding hydrogens is 320 g/mol. The predicted molar refractivity (Wildman–Crippen MR) is 92.1 cm³/mol. The minimum atomic E-state index is -1.17. The smallest absolute Gasteiger partial charge is 0.274 e. The maximum Gasteiger partial charge on any atom is 0.274 e. The number of rotatable bonds is 4. The van der Waals surface area contributed by atoms with Gasteiger partial charge in [-0.15, -0.1) is 5.10 Å². The second-order valence-electron chi connectivity index (χ2n) is 7.40. The van der Waals surface area contributed by atoms with Crippen LogP contribution in [0.3, 0.4) is 0 Å². The first-order valence-corrected chi connectivity index (χ1v) is 8.79. The summed E-state index contributed by atoms with van der Waals surface area (Å²) in [5.74, 6) is 0.107. The quantitative estimate of drug-likeness (QED) is 0.880. The molecule has 1 amide bonds. The van der Waals surface area contributed by atoms with Gasteiger partial charge < -0.3 is 10.0 Å². The van der Waals surface area contributed by atoms with Gasteiger partial charge in [0.25, 0.3) is 5.91 Å². The molecule has 0 aromatic carbocycles. The lowest BCUT2D eigenvalue weighted by Crippen LogP contribution is -2.48. The summed E-state index contributed by atoms with van der Waals surface area (Å²) in [4.78, 5) is 14.4. The molecule has 8 heteroatoms. The normalized spacial score (nSPS) is 21.3. The van der Waals surface area contributed by atoms with Crippen LogP contribution in [0.15, 0.2) is 12.3 Å². The molecule has 1 aliphatic heterocycles. The highest BCUT2D eigenvalue weighted by molar-refractivity contribution is 5.92. The summed E-state index contributed by atoms with van der Waals surface area (Å²) < 4.78 is 1.72. The van der Waals surface area contributed by atoms with Crippen LogP contribution in [0, 0.1) is 0 Å². The zero-order valence-corrected chi connectivity index (χ0v) is 15.2. The summed E-state index contributed by atoms with van der Waals surface area (Å²) in [5.41, 5.74) is 0.663. The van der Waals surface area contributed by atoms with Crippen molar-refractivity contribution in [3.05, 3.63) is 29.3 Å². The summed E-state index contributed by atoms with van der Waals surface area (Å²) in [6.45, 7) is 8.89. The maximum atomic E-state index is 12.8. The Kier molecular flexibility index (Phi) is 4.64. The van der Waals surface area contributed by atoms with Crippen LogP contribution in [0.5, 0.6) is 0 Å². The Balaban J connectivity index is 1.78. The molecule has 1 saturated heterocycles. The largest absolute Gasteiger partial charge is 0.382 e. The number of hydrogen-bond donors (Lipinski definition) is 2. The van der Waals surface area contributed by atoms with Crippen LogP contribution in [0.4, 0.5) is 0 Å². The number of aliphatic hydroxyl groups is 1. The number of hydrogen-bond acceptors (Lipinski definition) is 5. The van der Waals surface area contributed by atoms with Gasteiger partial charge in [-0.25, -0.2) is 4.68 Å². The summed E-state index contributed by atoms with van der Waals surface area (Å²) in [6, 6.07) is 1.96. The molecule has 0 bridgehead atoms. The Morgan fingerprint density at radius 2 is 2.12 bits per heavy atom. The van der Waals surface area contributed by atoms with Crippen molar-refractivity contribution in [1.29, 1.82) is 0 Å².